The van der Waals surface area contributed by atoms with Gasteiger partial charge in [0.15, 0.2) is 6.61 Å². The number of likely N-dealkylation sites (tertiary alicyclic amines) is 1. The number of piperidine rings is 1. The average Bonchev–Trinajstić information content (AvgIpc) is 2.53. The highest BCUT2D eigenvalue weighted by Gasteiger charge is 2.24. The summed E-state index contributed by atoms with van der Waals surface area (Å²) in [6.07, 6.45) is 1.46. The van der Waals surface area contributed by atoms with E-state index in [9.17, 15) is 9.59 Å². The van der Waals surface area contributed by atoms with Gasteiger partial charge in [0.1, 0.15) is 0 Å². The normalized spacial score (nSPS) is 15.8. The number of hydrogen-bond acceptors (Lipinski definition) is 3. The molecule has 0 aromatic heterocycles. The first-order valence-corrected chi connectivity index (χ1v) is 6.88. The predicted octanol–water partition coefficient (Wildman–Crippen LogP) is 1.75. The Balaban J connectivity index is 1.79. The van der Waals surface area contributed by atoms with Gasteiger partial charge in [0, 0.05) is 20.1 Å². The smallest absolute Gasteiger partial charge is 0.410 e. The summed E-state index contributed by atoms with van der Waals surface area (Å²) in [6.45, 7) is 1.13. The van der Waals surface area contributed by atoms with Gasteiger partial charge in [-0.05, 0) is 24.3 Å². The second-order valence-electron chi connectivity index (χ2n) is 4.90. The lowest BCUT2D eigenvalue weighted by Crippen LogP contribution is -2.39. The molecule has 1 N–H and O–H groups in total. The molecule has 2 rings (SSSR count). The third-order valence-corrected chi connectivity index (χ3v) is 3.63. The molecule has 20 heavy (non-hydrogen) atoms. The Morgan fingerprint density at radius 1 is 1.25 bits per heavy atom. The molecule has 0 unspecified atom stereocenters. The summed E-state index contributed by atoms with van der Waals surface area (Å²) in [7, 11) is 1.52. The molecule has 1 heterocycles. The van der Waals surface area contributed by atoms with Gasteiger partial charge in [-0.1, -0.05) is 30.3 Å². The van der Waals surface area contributed by atoms with Crippen molar-refractivity contribution in [3.8, 4) is 0 Å². The van der Waals surface area contributed by atoms with E-state index in [-0.39, 0.29) is 12.5 Å². The molecule has 0 atom stereocenters. The second-order valence-corrected chi connectivity index (χ2v) is 4.90. The Kier molecular flexibility index (Phi) is 4.98. The number of benzene rings is 1. The van der Waals surface area contributed by atoms with Crippen LogP contribution in [0.15, 0.2) is 30.3 Å². The number of amides is 2. The zero-order valence-corrected chi connectivity index (χ0v) is 11.7. The average molecular weight is 276 g/mol. The highest BCUT2D eigenvalue weighted by Crippen LogP contribution is 2.27. The minimum absolute atomic E-state index is 0.214. The molecular formula is C15H20N2O3. The molecule has 2 amide bonds. The van der Waals surface area contributed by atoms with Crippen molar-refractivity contribution in [1.29, 1.82) is 0 Å². The van der Waals surface area contributed by atoms with E-state index in [1.807, 2.05) is 18.2 Å². The maximum absolute atomic E-state index is 11.8. The molecular weight excluding hydrogens is 256 g/mol. The van der Waals surface area contributed by atoms with Crippen LogP contribution in [0.3, 0.4) is 0 Å². The van der Waals surface area contributed by atoms with Gasteiger partial charge in [-0.25, -0.2) is 4.79 Å². The van der Waals surface area contributed by atoms with Crippen LogP contribution in [0, 0.1) is 0 Å². The Morgan fingerprint density at radius 2 is 1.90 bits per heavy atom. The van der Waals surface area contributed by atoms with Crippen LogP contribution in [0.4, 0.5) is 4.79 Å². The van der Waals surface area contributed by atoms with Crippen molar-refractivity contribution in [2.24, 2.45) is 0 Å². The van der Waals surface area contributed by atoms with Gasteiger partial charge >= 0.3 is 6.09 Å². The third kappa shape index (κ3) is 3.73. The highest BCUT2D eigenvalue weighted by molar-refractivity contribution is 5.79. The van der Waals surface area contributed by atoms with Crippen molar-refractivity contribution in [3.63, 3.8) is 0 Å². The summed E-state index contributed by atoms with van der Waals surface area (Å²) in [5, 5.41) is 2.42. The first-order chi connectivity index (χ1) is 9.70. The summed E-state index contributed by atoms with van der Waals surface area (Å²) in [5.74, 6) is 0.205. The Morgan fingerprint density at radius 3 is 2.50 bits per heavy atom. The molecule has 1 saturated heterocycles. The van der Waals surface area contributed by atoms with Crippen LogP contribution in [0.2, 0.25) is 0 Å². The van der Waals surface area contributed by atoms with Crippen molar-refractivity contribution in [2.45, 2.75) is 18.8 Å². The molecule has 108 valence electrons. The fourth-order valence-electron chi connectivity index (χ4n) is 2.41. The van der Waals surface area contributed by atoms with Crippen LogP contribution in [-0.2, 0) is 9.53 Å². The third-order valence-electron chi connectivity index (χ3n) is 3.63. The topological polar surface area (TPSA) is 58.6 Å². The zero-order valence-electron chi connectivity index (χ0n) is 11.7. The van der Waals surface area contributed by atoms with Crippen molar-refractivity contribution in [1.82, 2.24) is 10.2 Å². The maximum atomic E-state index is 11.8. The summed E-state index contributed by atoms with van der Waals surface area (Å²) < 4.78 is 4.95. The van der Waals surface area contributed by atoms with Crippen molar-refractivity contribution < 1.29 is 14.3 Å². The summed E-state index contributed by atoms with van der Waals surface area (Å²) in [6, 6.07) is 10.3. The fraction of sp³-hybridized carbons (Fsp3) is 0.467. The minimum Gasteiger partial charge on any atom is -0.439 e. The highest BCUT2D eigenvalue weighted by atomic mass is 16.6. The Hall–Kier alpha value is -2.04. The van der Waals surface area contributed by atoms with Gasteiger partial charge in [-0.15, -0.1) is 0 Å². The molecule has 5 heteroatoms. The minimum atomic E-state index is -0.403. The molecule has 1 aromatic rings. The van der Waals surface area contributed by atoms with E-state index in [1.165, 1.54) is 12.6 Å². The summed E-state index contributed by atoms with van der Waals surface area (Å²) >= 11 is 0. The van der Waals surface area contributed by atoms with Crippen LogP contribution in [0.25, 0.3) is 0 Å². The number of nitrogens with zero attached hydrogens (tertiary/aromatic N) is 1. The van der Waals surface area contributed by atoms with Gasteiger partial charge in [-0.2, -0.15) is 0 Å². The van der Waals surface area contributed by atoms with Crippen LogP contribution < -0.4 is 5.32 Å². The van der Waals surface area contributed by atoms with E-state index < -0.39 is 6.09 Å². The molecule has 1 aromatic carbocycles. The standard InChI is InChI=1S/C15H20N2O3/c1-16-14(18)11-20-15(19)17-9-7-13(8-10-17)12-5-3-2-4-6-12/h2-6,13H,7-11H2,1H3,(H,16,18). The van der Waals surface area contributed by atoms with E-state index in [0.29, 0.717) is 19.0 Å². The number of carbonyl (C=O) groups is 2. The SMILES string of the molecule is CNC(=O)COC(=O)N1CCC(c2ccccc2)CC1. The fourth-order valence-corrected chi connectivity index (χ4v) is 2.41. The molecule has 0 aliphatic carbocycles. The van der Waals surface area contributed by atoms with Gasteiger partial charge in [0.05, 0.1) is 0 Å². The predicted molar refractivity (Wildman–Crippen MR) is 75.4 cm³/mol. The Bertz CT molecular complexity index is 453. The summed E-state index contributed by atoms with van der Waals surface area (Å²) in [4.78, 5) is 24.5. The first kappa shape index (κ1) is 14.4. The molecule has 0 saturated carbocycles. The van der Waals surface area contributed by atoms with Crippen LogP contribution in [-0.4, -0.2) is 43.6 Å². The monoisotopic (exact) mass is 276 g/mol. The van der Waals surface area contributed by atoms with E-state index in [4.69, 9.17) is 4.74 Å². The first-order valence-electron chi connectivity index (χ1n) is 6.88. The molecule has 1 aliphatic rings. The number of ether oxygens (including phenoxy) is 1. The van der Waals surface area contributed by atoms with Crippen LogP contribution in [0.1, 0.15) is 24.3 Å². The van der Waals surface area contributed by atoms with Crippen LogP contribution in [0.5, 0.6) is 0 Å². The zero-order chi connectivity index (χ0) is 14.4. The number of likely N-dealkylation sites (N-methyl/N-ethyl adjacent to an activating group) is 1. The van der Waals surface area contributed by atoms with Crippen molar-refractivity contribution >= 4 is 12.0 Å². The van der Waals surface area contributed by atoms with E-state index in [1.54, 1.807) is 4.90 Å². The lowest BCUT2D eigenvalue weighted by molar-refractivity contribution is -0.123. The lowest BCUT2D eigenvalue weighted by atomic mass is 9.90. The molecule has 0 radical (unpaired) electrons. The summed E-state index contributed by atoms with van der Waals surface area (Å²) in [5.41, 5.74) is 1.32. The van der Waals surface area contributed by atoms with Crippen LogP contribution >= 0.6 is 0 Å². The molecule has 0 spiro atoms. The van der Waals surface area contributed by atoms with Crippen molar-refractivity contribution in [2.75, 3.05) is 26.7 Å². The second kappa shape index (κ2) is 6.93. The number of hydrogen-bond donors (Lipinski definition) is 1. The molecule has 1 aliphatic heterocycles. The van der Waals surface area contributed by atoms with E-state index >= 15 is 0 Å². The largest absolute Gasteiger partial charge is 0.439 e. The number of carbonyl (C=O) groups excluding carboxylic acids is 2. The molecule has 5 nitrogen and oxygen atoms in total. The Labute approximate surface area is 118 Å². The van der Waals surface area contributed by atoms with Gasteiger partial charge in [0.25, 0.3) is 5.91 Å². The quantitative estimate of drug-likeness (QED) is 0.915. The number of rotatable bonds is 3. The van der Waals surface area contributed by atoms with E-state index in [0.717, 1.165) is 12.8 Å². The molecule has 1 fully saturated rings. The molecule has 0 bridgehead atoms. The maximum Gasteiger partial charge on any atom is 0.410 e. The van der Waals surface area contributed by atoms with Crippen molar-refractivity contribution in [3.05, 3.63) is 35.9 Å². The van der Waals surface area contributed by atoms with Gasteiger partial charge in [0.2, 0.25) is 0 Å². The van der Waals surface area contributed by atoms with E-state index in [2.05, 4.69) is 17.4 Å². The lowest BCUT2D eigenvalue weighted by Gasteiger charge is -2.31. The van der Waals surface area contributed by atoms with Gasteiger partial charge < -0.3 is 15.0 Å². The number of nitrogens with one attached hydrogen (secondary N) is 1. The van der Waals surface area contributed by atoms with Gasteiger partial charge in [-0.3, -0.25) is 4.79 Å².